The van der Waals surface area contributed by atoms with E-state index in [4.69, 9.17) is 0 Å². The zero-order valence-corrected chi connectivity index (χ0v) is 13.7. The quantitative estimate of drug-likeness (QED) is 0.754. The van der Waals surface area contributed by atoms with E-state index < -0.39 is 0 Å². The summed E-state index contributed by atoms with van der Waals surface area (Å²) < 4.78 is 0.831. The Kier molecular flexibility index (Phi) is 3.78. The van der Waals surface area contributed by atoms with Gasteiger partial charge in [0.15, 0.2) is 11.6 Å². The summed E-state index contributed by atoms with van der Waals surface area (Å²) in [4.78, 5) is 25.5. The van der Waals surface area contributed by atoms with Crippen LogP contribution in [0.2, 0.25) is 0 Å². The van der Waals surface area contributed by atoms with Gasteiger partial charge in [-0.05, 0) is 6.07 Å². The minimum Gasteiger partial charge on any atom is -0.379 e. The molecule has 0 radical (unpaired) electrons. The largest absolute Gasteiger partial charge is 0.379 e. The Balaban J connectivity index is 1.98. The molecule has 1 aliphatic rings. The Morgan fingerprint density at radius 1 is 0.826 bits per heavy atom. The number of nitrogens with one attached hydrogen (secondary N) is 1. The second-order valence-corrected chi connectivity index (χ2v) is 6.87. The van der Waals surface area contributed by atoms with Gasteiger partial charge in [0.2, 0.25) is 0 Å². The lowest BCUT2D eigenvalue weighted by atomic mass is 9.83. The highest BCUT2D eigenvalue weighted by molar-refractivity contribution is 6.30. The van der Waals surface area contributed by atoms with Gasteiger partial charge in [0.1, 0.15) is 0 Å². The fraction of sp³-hybridized carbons (Fsp3) is 0.263. The number of carbonyl (C=O) groups is 2. The number of benzene rings is 2. The van der Waals surface area contributed by atoms with Crippen LogP contribution in [0.1, 0.15) is 31.8 Å². The molecule has 4 heteroatoms. The van der Waals surface area contributed by atoms with Crippen LogP contribution < -0.4 is 5.32 Å². The summed E-state index contributed by atoms with van der Waals surface area (Å²) in [6.07, 6.45) is 0. The van der Waals surface area contributed by atoms with Crippen molar-refractivity contribution in [3.05, 3.63) is 64.7 Å². The lowest BCUT2D eigenvalue weighted by Crippen LogP contribution is -2.38. The summed E-state index contributed by atoms with van der Waals surface area (Å²) in [6.45, 7) is 1.66. The van der Waals surface area contributed by atoms with Gasteiger partial charge in [0.05, 0.1) is 39.8 Å². The van der Waals surface area contributed by atoms with Gasteiger partial charge in [0.25, 0.3) is 0 Å². The van der Waals surface area contributed by atoms with Crippen molar-refractivity contribution in [2.24, 2.45) is 0 Å². The number of hydrogen-bond acceptors (Lipinski definition) is 3. The highest BCUT2D eigenvalue weighted by atomic mass is 16.1. The highest BCUT2D eigenvalue weighted by Gasteiger charge is 2.31. The first-order valence-electron chi connectivity index (χ1n) is 7.74. The molecule has 0 bridgehead atoms. The van der Waals surface area contributed by atoms with E-state index in [0.717, 1.165) is 23.3 Å². The molecule has 0 saturated carbocycles. The molecule has 2 aromatic rings. The Morgan fingerprint density at radius 2 is 1.43 bits per heavy atom. The van der Waals surface area contributed by atoms with Gasteiger partial charge >= 0.3 is 0 Å². The third-order valence-electron chi connectivity index (χ3n) is 4.05. The number of fused-ring (bicyclic) bond motifs is 2. The lowest BCUT2D eigenvalue weighted by Gasteiger charge is -2.25. The van der Waals surface area contributed by atoms with E-state index in [1.165, 1.54) is 0 Å². The number of anilines is 1. The van der Waals surface area contributed by atoms with Crippen LogP contribution in [0.15, 0.2) is 42.5 Å². The molecule has 0 aliphatic heterocycles. The first kappa shape index (κ1) is 15.4. The molecule has 23 heavy (non-hydrogen) atoms. The van der Waals surface area contributed by atoms with Crippen molar-refractivity contribution in [3.8, 4) is 0 Å². The normalized spacial score (nSPS) is 13.5. The third-order valence-corrected chi connectivity index (χ3v) is 4.05. The second kappa shape index (κ2) is 5.63. The maximum Gasteiger partial charge on any atom is 0.196 e. The maximum atomic E-state index is 12.8. The average molecular weight is 309 g/mol. The number of likely N-dealkylation sites (N-methyl/N-ethyl adjacent to an activating group) is 1. The summed E-state index contributed by atoms with van der Waals surface area (Å²) >= 11 is 0. The average Bonchev–Trinajstić information content (AvgIpc) is 2.51. The second-order valence-electron chi connectivity index (χ2n) is 6.87. The van der Waals surface area contributed by atoms with Crippen LogP contribution in [0.5, 0.6) is 0 Å². The van der Waals surface area contributed by atoms with E-state index in [0.29, 0.717) is 22.3 Å². The highest BCUT2D eigenvalue weighted by Crippen LogP contribution is 2.31. The van der Waals surface area contributed by atoms with Crippen molar-refractivity contribution in [3.63, 3.8) is 0 Å². The van der Waals surface area contributed by atoms with E-state index in [9.17, 15) is 9.59 Å². The fourth-order valence-corrected chi connectivity index (χ4v) is 2.82. The summed E-state index contributed by atoms with van der Waals surface area (Å²) in [5.74, 6) is -0.158. The van der Waals surface area contributed by atoms with Crippen molar-refractivity contribution in [1.82, 2.24) is 0 Å². The maximum absolute atomic E-state index is 12.8. The summed E-state index contributed by atoms with van der Waals surface area (Å²) in [5.41, 5.74) is 2.71. The van der Waals surface area contributed by atoms with Gasteiger partial charge in [-0.2, -0.15) is 0 Å². The Hall–Kier alpha value is -2.46. The van der Waals surface area contributed by atoms with Crippen LogP contribution in [0.4, 0.5) is 5.69 Å². The molecular formula is C19H21N2O2+. The predicted octanol–water partition coefficient (Wildman–Crippen LogP) is 2.58. The number of ketones is 2. The summed E-state index contributed by atoms with van der Waals surface area (Å²) in [6, 6.07) is 12.5. The summed E-state index contributed by atoms with van der Waals surface area (Å²) in [7, 11) is 6.35. The van der Waals surface area contributed by atoms with Gasteiger partial charge in [-0.3, -0.25) is 9.59 Å². The van der Waals surface area contributed by atoms with E-state index in [1.807, 2.05) is 12.1 Å². The topological polar surface area (TPSA) is 46.2 Å². The minimum atomic E-state index is -0.0800. The van der Waals surface area contributed by atoms with Crippen LogP contribution in [0.25, 0.3) is 0 Å². The molecule has 1 aliphatic carbocycles. The zero-order chi connectivity index (χ0) is 16.6. The van der Waals surface area contributed by atoms with E-state index in [1.54, 1.807) is 30.3 Å². The zero-order valence-electron chi connectivity index (χ0n) is 13.7. The molecule has 1 N–H and O–H groups in total. The number of nitrogens with zero attached hydrogens (tertiary/aromatic N) is 1. The Bertz CT molecular complexity index is 788. The van der Waals surface area contributed by atoms with Crippen LogP contribution in [-0.4, -0.2) is 50.3 Å². The Morgan fingerprint density at radius 3 is 2.09 bits per heavy atom. The number of carbonyl (C=O) groups excluding carboxylic acids is 2. The molecule has 0 heterocycles. The monoisotopic (exact) mass is 309 g/mol. The van der Waals surface area contributed by atoms with Crippen LogP contribution in [-0.2, 0) is 0 Å². The molecule has 0 aromatic heterocycles. The molecule has 0 amide bonds. The van der Waals surface area contributed by atoms with Crippen molar-refractivity contribution < 1.29 is 14.1 Å². The Labute approximate surface area is 136 Å². The predicted molar refractivity (Wildman–Crippen MR) is 91.1 cm³/mol. The van der Waals surface area contributed by atoms with E-state index in [2.05, 4.69) is 26.5 Å². The van der Waals surface area contributed by atoms with Gasteiger partial charge < -0.3 is 9.80 Å². The molecule has 2 aromatic carbocycles. The van der Waals surface area contributed by atoms with E-state index >= 15 is 0 Å². The number of quaternary nitrogens is 1. The van der Waals surface area contributed by atoms with Gasteiger partial charge in [-0.15, -0.1) is 0 Å². The summed E-state index contributed by atoms with van der Waals surface area (Å²) in [5, 5.41) is 3.32. The van der Waals surface area contributed by atoms with Crippen LogP contribution >= 0.6 is 0 Å². The van der Waals surface area contributed by atoms with Crippen molar-refractivity contribution in [2.75, 3.05) is 39.5 Å². The van der Waals surface area contributed by atoms with Gasteiger partial charge in [-0.25, -0.2) is 0 Å². The minimum absolute atomic E-state index is 0.0783. The molecule has 0 fully saturated rings. The SMILES string of the molecule is C[N+](C)(C)CCNc1cccc2c1C(=O)c1ccccc1C2=O. The smallest absolute Gasteiger partial charge is 0.196 e. The molecule has 3 rings (SSSR count). The van der Waals surface area contributed by atoms with Crippen LogP contribution in [0, 0.1) is 0 Å². The van der Waals surface area contributed by atoms with Crippen LogP contribution in [0.3, 0.4) is 0 Å². The van der Waals surface area contributed by atoms with Gasteiger partial charge in [0, 0.05) is 22.4 Å². The first-order chi connectivity index (χ1) is 10.9. The van der Waals surface area contributed by atoms with Gasteiger partial charge in [-0.1, -0.05) is 36.4 Å². The number of hydrogen-bond donors (Lipinski definition) is 1. The van der Waals surface area contributed by atoms with E-state index in [-0.39, 0.29) is 11.6 Å². The molecule has 0 saturated heterocycles. The molecular weight excluding hydrogens is 288 g/mol. The molecule has 4 nitrogen and oxygen atoms in total. The molecule has 0 atom stereocenters. The van der Waals surface area contributed by atoms with Crippen molar-refractivity contribution in [1.29, 1.82) is 0 Å². The molecule has 118 valence electrons. The van der Waals surface area contributed by atoms with Crippen molar-refractivity contribution >= 4 is 17.3 Å². The lowest BCUT2D eigenvalue weighted by molar-refractivity contribution is -0.868. The first-order valence-corrected chi connectivity index (χ1v) is 7.74. The third kappa shape index (κ3) is 2.90. The standard InChI is InChI=1S/C19H20N2O2/c1-21(2,3)12-11-20-16-10-6-9-15-17(16)19(23)14-8-5-4-7-13(14)18(15)22/h4-10H,11-12H2,1-3H3/p+1. The number of rotatable bonds is 4. The van der Waals surface area contributed by atoms with Crippen molar-refractivity contribution in [2.45, 2.75) is 0 Å². The molecule has 0 unspecified atom stereocenters. The fourth-order valence-electron chi connectivity index (χ4n) is 2.82. The molecule has 0 spiro atoms.